The molecule has 2 heteroatoms. The van der Waals surface area contributed by atoms with Crippen LogP contribution >= 0.6 is 0 Å². The fraction of sp³-hybridized carbons (Fsp3) is 0.375. The second-order valence-corrected chi connectivity index (χ2v) is 5.27. The highest BCUT2D eigenvalue weighted by atomic mass is 14.7. The van der Waals surface area contributed by atoms with Gasteiger partial charge in [0.05, 0.1) is 17.0 Å². The molecule has 18 heavy (non-hydrogen) atoms. The number of nitriles is 1. The first-order valence-corrected chi connectivity index (χ1v) is 6.57. The maximum Gasteiger partial charge on any atom is 0.0705 e. The minimum absolute atomic E-state index is 0.157. The fourth-order valence-electron chi connectivity index (χ4n) is 2.93. The van der Waals surface area contributed by atoms with Crippen LogP contribution in [0.1, 0.15) is 31.4 Å². The Morgan fingerprint density at radius 3 is 2.67 bits per heavy atom. The summed E-state index contributed by atoms with van der Waals surface area (Å²) in [5.74, 6) is 0. The van der Waals surface area contributed by atoms with Crippen LogP contribution in [0.25, 0.3) is 10.9 Å². The van der Waals surface area contributed by atoms with Crippen LogP contribution in [0.4, 0.5) is 0 Å². The number of pyridine rings is 1. The topological polar surface area (TPSA) is 36.7 Å². The van der Waals surface area contributed by atoms with Gasteiger partial charge in [0.15, 0.2) is 0 Å². The van der Waals surface area contributed by atoms with Gasteiger partial charge in [-0.2, -0.15) is 5.26 Å². The molecule has 2 nitrogen and oxygen atoms in total. The van der Waals surface area contributed by atoms with E-state index in [9.17, 15) is 5.26 Å². The van der Waals surface area contributed by atoms with Gasteiger partial charge in [-0.3, -0.25) is 4.98 Å². The Balaban J connectivity index is 1.93. The van der Waals surface area contributed by atoms with Gasteiger partial charge in [0.1, 0.15) is 0 Å². The van der Waals surface area contributed by atoms with Crippen molar-refractivity contribution in [1.29, 1.82) is 5.26 Å². The summed E-state index contributed by atoms with van der Waals surface area (Å²) in [6, 6.07) is 14.9. The molecule has 1 fully saturated rings. The minimum atomic E-state index is -0.157. The van der Waals surface area contributed by atoms with Crippen LogP contribution in [0.2, 0.25) is 0 Å². The average Bonchev–Trinajstić information content (AvgIpc) is 2.88. The Morgan fingerprint density at radius 2 is 1.89 bits per heavy atom. The molecule has 3 rings (SSSR count). The van der Waals surface area contributed by atoms with Gasteiger partial charge >= 0.3 is 0 Å². The van der Waals surface area contributed by atoms with Crippen molar-refractivity contribution in [1.82, 2.24) is 4.98 Å². The molecule has 1 saturated carbocycles. The highest BCUT2D eigenvalue weighted by molar-refractivity contribution is 5.78. The predicted octanol–water partition coefficient (Wildman–Crippen LogP) is 3.86. The first-order valence-electron chi connectivity index (χ1n) is 6.57. The van der Waals surface area contributed by atoms with Gasteiger partial charge in [0.25, 0.3) is 0 Å². The summed E-state index contributed by atoms with van der Waals surface area (Å²) in [7, 11) is 0. The second kappa shape index (κ2) is 4.42. The van der Waals surface area contributed by atoms with E-state index in [-0.39, 0.29) is 5.41 Å². The average molecular weight is 236 g/mol. The van der Waals surface area contributed by atoms with Crippen molar-refractivity contribution in [2.45, 2.75) is 32.1 Å². The van der Waals surface area contributed by atoms with E-state index in [1.165, 1.54) is 18.2 Å². The lowest BCUT2D eigenvalue weighted by atomic mass is 9.83. The van der Waals surface area contributed by atoms with E-state index in [1.54, 1.807) is 0 Å². The fourth-order valence-corrected chi connectivity index (χ4v) is 2.93. The summed E-state index contributed by atoms with van der Waals surface area (Å²) < 4.78 is 0. The number of fused-ring (bicyclic) bond motifs is 1. The van der Waals surface area contributed by atoms with E-state index in [0.717, 1.165) is 30.5 Å². The van der Waals surface area contributed by atoms with Crippen molar-refractivity contribution in [2.75, 3.05) is 0 Å². The Bertz CT molecular complexity index is 604. The zero-order valence-corrected chi connectivity index (χ0v) is 10.4. The molecule has 0 atom stereocenters. The summed E-state index contributed by atoms with van der Waals surface area (Å²) in [6.07, 6.45) is 5.21. The van der Waals surface area contributed by atoms with Gasteiger partial charge in [0.2, 0.25) is 0 Å². The Hall–Kier alpha value is -1.88. The number of hydrogen-bond acceptors (Lipinski definition) is 2. The lowest BCUT2D eigenvalue weighted by molar-refractivity contribution is 0.404. The summed E-state index contributed by atoms with van der Waals surface area (Å²) in [6.45, 7) is 0. The highest BCUT2D eigenvalue weighted by Crippen LogP contribution is 2.40. The molecule has 1 heterocycles. The van der Waals surface area contributed by atoms with Gasteiger partial charge < -0.3 is 0 Å². The van der Waals surface area contributed by atoms with Crippen molar-refractivity contribution in [3.8, 4) is 6.07 Å². The van der Waals surface area contributed by atoms with Crippen LogP contribution in [-0.2, 0) is 6.42 Å². The molecule has 0 aliphatic heterocycles. The zero-order valence-electron chi connectivity index (χ0n) is 10.4. The third kappa shape index (κ3) is 1.97. The SMILES string of the molecule is N#CC1(Cc2ccc3ccccc3n2)CCCC1. The lowest BCUT2D eigenvalue weighted by Gasteiger charge is -2.19. The van der Waals surface area contributed by atoms with Gasteiger partial charge in [-0.25, -0.2) is 0 Å². The lowest BCUT2D eigenvalue weighted by Crippen LogP contribution is -2.17. The Morgan fingerprint density at radius 1 is 1.11 bits per heavy atom. The second-order valence-electron chi connectivity index (χ2n) is 5.27. The van der Waals surface area contributed by atoms with Gasteiger partial charge in [0, 0.05) is 17.5 Å². The van der Waals surface area contributed by atoms with E-state index in [4.69, 9.17) is 0 Å². The molecular weight excluding hydrogens is 220 g/mol. The van der Waals surface area contributed by atoms with Gasteiger partial charge in [-0.15, -0.1) is 0 Å². The third-order valence-corrected chi connectivity index (χ3v) is 3.97. The Labute approximate surface area is 107 Å². The molecule has 90 valence electrons. The quantitative estimate of drug-likeness (QED) is 0.793. The third-order valence-electron chi connectivity index (χ3n) is 3.97. The Kier molecular flexibility index (Phi) is 2.76. The molecule has 0 saturated heterocycles. The molecule has 0 N–H and O–H groups in total. The number of aromatic nitrogens is 1. The molecule has 1 aromatic heterocycles. The summed E-state index contributed by atoms with van der Waals surface area (Å²) >= 11 is 0. The number of para-hydroxylation sites is 1. The number of nitrogens with zero attached hydrogens (tertiary/aromatic N) is 2. The summed E-state index contributed by atoms with van der Waals surface area (Å²) in [5, 5.41) is 10.6. The summed E-state index contributed by atoms with van der Waals surface area (Å²) in [5.41, 5.74) is 1.92. The largest absolute Gasteiger partial charge is 0.253 e. The van der Waals surface area contributed by atoms with Gasteiger partial charge in [-0.1, -0.05) is 37.1 Å². The van der Waals surface area contributed by atoms with Gasteiger partial charge in [-0.05, 0) is 25.0 Å². The first-order chi connectivity index (χ1) is 8.81. The van der Waals surface area contributed by atoms with E-state index in [2.05, 4.69) is 29.3 Å². The van der Waals surface area contributed by atoms with Crippen LogP contribution in [0.5, 0.6) is 0 Å². The smallest absolute Gasteiger partial charge is 0.0705 e. The minimum Gasteiger partial charge on any atom is -0.253 e. The molecule has 0 unspecified atom stereocenters. The van der Waals surface area contributed by atoms with E-state index < -0.39 is 0 Å². The van der Waals surface area contributed by atoms with Crippen molar-refractivity contribution in [3.63, 3.8) is 0 Å². The van der Waals surface area contributed by atoms with Crippen molar-refractivity contribution in [3.05, 3.63) is 42.1 Å². The molecule has 0 spiro atoms. The van der Waals surface area contributed by atoms with Crippen LogP contribution < -0.4 is 0 Å². The standard InChI is InChI=1S/C16H16N2/c17-12-16(9-3-4-10-16)11-14-8-7-13-5-1-2-6-15(13)18-14/h1-2,5-8H,3-4,9-11H2. The van der Waals surface area contributed by atoms with E-state index in [0.29, 0.717) is 0 Å². The maximum atomic E-state index is 9.41. The molecule has 0 amide bonds. The van der Waals surface area contributed by atoms with E-state index in [1.807, 2.05) is 18.2 Å². The highest BCUT2D eigenvalue weighted by Gasteiger charge is 2.34. The molecule has 0 bridgehead atoms. The molecular formula is C16H16N2. The van der Waals surface area contributed by atoms with Crippen molar-refractivity contribution < 1.29 is 0 Å². The summed E-state index contributed by atoms with van der Waals surface area (Å²) in [4.78, 5) is 4.68. The normalized spacial score (nSPS) is 17.7. The number of benzene rings is 1. The number of rotatable bonds is 2. The molecule has 1 aliphatic rings. The molecule has 2 aromatic rings. The van der Waals surface area contributed by atoms with E-state index >= 15 is 0 Å². The predicted molar refractivity (Wildman–Crippen MR) is 72.0 cm³/mol. The number of hydrogen-bond donors (Lipinski definition) is 0. The molecule has 1 aromatic carbocycles. The molecule has 1 aliphatic carbocycles. The first kappa shape index (κ1) is 11.2. The van der Waals surface area contributed by atoms with Crippen LogP contribution in [-0.4, -0.2) is 4.98 Å². The zero-order chi connectivity index (χ0) is 12.4. The molecule has 0 radical (unpaired) electrons. The van der Waals surface area contributed by atoms with Crippen molar-refractivity contribution >= 4 is 10.9 Å². The van der Waals surface area contributed by atoms with Crippen LogP contribution in [0.3, 0.4) is 0 Å². The van der Waals surface area contributed by atoms with Crippen molar-refractivity contribution in [2.24, 2.45) is 5.41 Å². The van der Waals surface area contributed by atoms with Crippen LogP contribution in [0.15, 0.2) is 36.4 Å². The monoisotopic (exact) mass is 236 g/mol. The van der Waals surface area contributed by atoms with Crippen LogP contribution in [0, 0.1) is 16.7 Å². The maximum absolute atomic E-state index is 9.41.